The molecule has 2 rings (SSSR count). The fourth-order valence-electron chi connectivity index (χ4n) is 1.58. The molecule has 80 valence electrons. The summed E-state index contributed by atoms with van der Waals surface area (Å²) in [7, 11) is 0. The van der Waals surface area contributed by atoms with Crippen molar-refractivity contribution in [3.05, 3.63) is 0 Å². The lowest BCUT2D eigenvalue weighted by molar-refractivity contribution is -0.120. The molecular formula is C10H18N2OS. The first-order valence-electron chi connectivity index (χ1n) is 5.42. The number of thioether (sulfide) groups is 1. The van der Waals surface area contributed by atoms with Crippen LogP contribution in [-0.4, -0.2) is 36.5 Å². The molecule has 1 unspecified atom stereocenters. The maximum absolute atomic E-state index is 11.4. The van der Waals surface area contributed by atoms with Crippen molar-refractivity contribution in [1.82, 2.24) is 10.6 Å². The summed E-state index contributed by atoms with van der Waals surface area (Å²) in [5, 5.41) is 6.25. The molecule has 1 heterocycles. The second-order valence-corrected chi connectivity index (χ2v) is 5.34. The SMILES string of the molecule is O=C(CNC1CCSC1)NCC1CC1. The van der Waals surface area contributed by atoms with Gasteiger partial charge in [-0.3, -0.25) is 4.79 Å². The van der Waals surface area contributed by atoms with Gasteiger partial charge in [0.25, 0.3) is 0 Å². The number of carbonyl (C=O) groups is 1. The molecule has 1 saturated carbocycles. The Hall–Kier alpha value is -0.220. The monoisotopic (exact) mass is 214 g/mol. The van der Waals surface area contributed by atoms with Gasteiger partial charge in [0.1, 0.15) is 0 Å². The Balaban J connectivity index is 1.52. The Bertz CT molecular complexity index is 200. The number of carbonyl (C=O) groups excluding carboxylic acids is 1. The van der Waals surface area contributed by atoms with Gasteiger partial charge in [0.05, 0.1) is 6.54 Å². The number of hydrogen-bond donors (Lipinski definition) is 2. The van der Waals surface area contributed by atoms with Gasteiger partial charge >= 0.3 is 0 Å². The van der Waals surface area contributed by atoms with Gasteiger partial charge in [-0.25, -0.2) is 0 Å². The minimum atomic E-state index is 0.161. The van der Waals surface area contributed by atoms with Crippen LogP contribution in [0.3, 0.4) is 0 Å². The fourth-order valence-corrected chi connectivity index (χ4v) is 2.76. The van der Waals surface area contributed by atoms with E-state index in [0.717, 1.165) is 18.2 Å². The molecule has 1 aliphatic carbocycles. The zero-order valence-electron chi connectivity index (χ0n) is 8.42. The molecule has 3 nitrogen and oxygen atoms in total. The normalized spacial score (nSPS) is 26.4. The van der Waals surface area contributed by atoms with Gasteiger partial charge in [-0.15, -0.1) is 0 Å². The first kappa shape index (κ1) is 10.3. The molecule has 4 heteroatoms. The zero-order valence-corrected chi connectivity index (χ0v) is 9.24. The first-order valence-corrected chi connectivity index (χ1v) is 6.58. The van der Waals surface area contributed by atoms with Crippen LogP contribution in [0.5, 0.6) is 0 Å². The Morgan fingerprint density at radius 2 is 2.21 bits per heavy atom. The van der Waals surface area contributed by atoms with Gasteiger partial charge < -0.3 is 10.6 Å². The van der Waals surface area contributed by atoms with E-state index in [-0.39, 0.29) is 5.91 Å². The summed E-state index contributed by atoms with van der Waals surface area (Å²) in [4.78, 5) is 11.4. The predicted octanol–water partition coefficient (Wildman–Crippen LogP) is 0.608. The Morgan fingerprint density at radius 3 is 2.86 bits per heavy atom. The van der Waals surface area contributed by atoms with Gasteiger partial charge in [-0.2, -0.15) is 11.8 Å². The van der Waals surface area contributed by atoms with E-state index in [1.165, 1.54) is 25.0 Å². The third kappa shape index (κ3) is 3.50. The average Bonchev–Trinajstić information content (AvgIpc) is 2.87. The van der Waals surface area contributed by atoms with Crippen molar-refractivity contribution in [2.24, 2.45) is 5.92 Å². The third-order valence-corrected chi connectivity index (χ3v) is 3.93. The predicted molar refractivity (Wildman–Crippen MR) is 59.5 cm³/mol. The van der Waals surface area contributed by atoms with Crippen molar-refractivity contribution in [2.45, 2.75) is 25.3 Å². The van der Waals surface area contributed by atoms with Crippen LogP contribution in [0.2, 0.25) is 0 Å². The van der Waals surface area contributed by atoms with E-state index < -0.39 is 0 Å². The summed E-state index contributed by atoms with van der Waals surface area (Å²) in [6.07, 6.45) is 3.81. The molecule has 2 N–H and O–H groups in total. The van der Waals surface area contributed by atoms with Crippen LogP contribution in [0.1, 0.15) is 19.3 Å². The van der Waals surface area contributed by atoms with Gasteiger partial charge in [0.15, 0.2) is 0 Å². The Morgan fingerprint density at radius 1 is 1.36 bits per heavy atom. The molecule has 0 aromatic carbocycles. The molecule has 0 aromatic rings. The highest BCUT2D eigenvalue weighted by Gasteiger charge is 2.22. The largest absolute Gasteiger partial charge is 0.355 e. The minimum Gasteiger partial charge on any atom is -0.355 e. The van der Waals surface area contributed by atoms with Crippen molar-refractivity contribution in [3.8, 4) is 0 Å². The van der Waals surface area contributed by atoms with Crippen molar-refractivity contribution in [3.63, 3.8) is 0 Å². The second kappa shape index (κ2) is 5.03. The van der Waals surface area contributed by atoms with E-state index >= 15 is 0 Å². The lowest BCUT2D eigenvalue weighted by Gasteiger charge is -2.10. The zero-order chi connectivity index (χ0) is 9.80. The summed E-state index contributed by atoms with van der Waals surface area (Å²) in [5.41, 5.74) is 0. The quantitative estimate of drug-likeness (QED) is 0.704. The number of rotatable bonds is 5. The molecule has 1 atom stereocenters. The molecule has 2 aliphatic rings. The van der Waals surface area contributed by atoms with E-state index in [2.05, 4.69) is 10.6 Å². The third-order valence-electron chi connectivity index (χ3n) is 2.77. The van der Waals surface area contributed by atoms with Crippen molar-refractivity contribution >= 4 is 17.7 Å². The molecule has 14 heavy (non-hydrogen) atoms. The number of nitrogens with one attached hydrogen (secondary N) is 2. The van der Waals surface area contributed by atoms with Crippen LogP contribution >= 0.6 is 11.8 Å². The molecule has 2 fully saturated rings. The Kier molecular flexibility index (Phi) is 3.70. The van der Waals surface area contributed by atoms with Crippen LogP contribution in [0.15, 0.2) is 0 Å². The summed E-state index contributed by atoms with van der Waals surface area (Å²) in [5.74, 6) is 3.34. The molecule has 0 spiro atoms. The fraction of sp³-hybridized carbons (Fsp3) is 0.900. The van der Waals surface area contributed by atoms with Gasteiger partial charge in [-0.05, 0) is 30.9 Å². The summed E-state index contributed by atoms with van der Waals surface area (Å²) < 4.78 is 0. The highest BCUT2D eigenvalue weighted by atomic mass is 32.2. The molecule has 1 saturated heterocycles. The lowest BCUT2D eigenvalue weighted by Crippen LogP contribution is -2.39. The first-order chi connectivity index (χ1) is 6.84. The topological polar surface area (TPSA) is 41.1 Å². The summed E-state index contributed by atoms with van der Waals surface area (Å²) >= 11 is 1.97. The van der Waals surface area contributed by atoms with E-state index in [4.69, 9.17) is 0 Å². The van der Waals surface area contributed by atoms with E-state index in [0.29, 0.717) is 12.6 Å². The maximum Gasteiger partial charge on any atom is 0.233 e. The van der Waals surface area contributed by atoms with E-state index in [1.54, 1.807) is 0 Å². The van der Waals surface area contributed by atoms with Gasteiger partial charge in [0, 0.05) is 18.3 Å². The minimum absolute atomic E-state index is 0.161. The standard InChI is InChI=1S/C10H18N2OS/c13-10(12-5-8-1-2-8)6-11-9-3-4-14-7-9/h8-9,11H,1-7H2,(H,12,13). The van der Waals surface area contributed by atoms with Crippen molar-refractivity contribution < 1.29 is 4.79 Å². The Labute approximate surface area is 89.4 Å². The summed E-state index contributed by atoms with van der Waals surface area (Å²) in [6.45, 7) is 1.39. The van der Waals surface area contributed by atoms with Crippen molar-refractivity contribution in [1.29, 1.82) is 0 Å². The molecule has 1 amide bonds. The maximum atomic E-state index is 11.4. The molecule has 0 radical (unpaired) electrons. The number of hydrogen-bond acceptors (Lipinski definition) is 3. The highest BCUT2D eigenvalue weighted by molar-refractivity contribution is 7.99. The van der Waals surface area contributed by atoms with E-state index in [1.807, 2.05) is 11.8 Å². The molecule has 0 bridgehead atoms. The van der Waals surface area contributed by atoms with Crippen LogP contribution in [0, 0.1) is 5.92 Å². The highest BCUT2D eigenvalue weighted by Crippen LogP contribution is 2.27. The van der Waals surface area contributed by atoms with Crippen LogP contribution in [0.25, 0.3) is 0 Å². The van der Waals surface area contributed by atoms with Gasteiger partial charge in [0.2, 0.25) is 5.91 Å². The molecular weight excluding hydrogens is 196 g/mol. The van der Waals surface area contributed by atoms with Crippen LogP contribution in [0.4, 0.5) is 0 Å². The summed E-state index contributed by atoms with van der Waals surface area (Å²) in [6, 6.07) is 0.562. The van der Waals surface area contributed by atoms with Crippen molar-refractivity contribution in [2.75, 3.05) is 24.6 Å². The lowest BCUT2D eigenvalue weighted by atomic mass is 10.2. The molecule has 1 aliphatic heterocycles. The smallest absolute Gasteiger partial charge is 0.233 e. The number of amides is 1. The molecule has 0 aromatic heterocycles. The van der Waals surface area contributed by atoms with Crippen LogP contribution < -0.4 is 10.6 Å². The average molecular weight is 214 g/mol. The van der Waals surface area contributed by atoms with Crippen LogP contribution in [-0.2, 0) is 4.79 Å². The van der Waals surface area contributed by atoms with E-state index in [9.17, 15) is 4.79 Å². The second-order valence-electron chi connectivity index (χ2n) is 4.19. The van der Waals surface area contributed by atoms with Gasteiger partial charge in [-0.1, -0.05) is 0 Å².